The van der Waals surface area contributed by atoms with Gasteiger partial charge in [0, 0.05) is 21.2 Å². The van der Waals surface area contributed by atoms with Crippen LogP contribution in [-0.2, 0) is 0 Å². The van der Waals surface area contributed by atoms with Crippen molar-refractivity contribution >= 4 is 33.6 Å². The van der Waals surface area contributed by atoms with E-state index in [1.165, 1.54) is 0 Å². The normalized spacial score (nSPS) is 13.3. The summed E-state index contributed by atoms with van der Waals surface area (Å²) >= 11 is 3.40. The van der Waals surface area contributed by atoms with Crippen molar-refractivity contribution in [3.05, 3.63) is 69.2 Å². The van der Waals surface area contributed by atoms with Crippen molar-refractivity contribution in [2.45, 2.75) is 6.92 Å². The highest BCUT2D eigenvalue weighted by Crippen LogP contribution is 2.31. The Morgan fingerprint density at radius 1 is 1.05 bits per heavy atom. The van der Waals surface area contributed by atoms with E-state index in [0.717, 1.165) is 4.47 Å². The fraction of sp³-hybridized carbons (Fsp3) is 0.111. The number of hydrogen-bond acceptors (Lipinski definition) is 3. The molecular formula is C18H13BrO3. The van der Waals surface area contributed by atoms with Gasteiger partial charge in [-0.1, -0.05) is 40.2 Å². The lowest BCUT2D eigenvalue weighted by Crippen LogP contribution is -2.01. The number of hydrogen-bond donors (Lipinski definition) is 0. The van der Waals surface area contributed by atoms with Gasteiger partial charge in [-0.25, -0.2) is 0 Å². The first-order valence-electron chi connectivity index (χ1n) is 6.94. The Labute approximate surface area is 136 Å². The molecule has 2 aromatic carbocycles. The van der Waals surface area contributed by atoms with Crippen LogP contribution in [0.4, 0.5) is 0 Å². The van der Waals surface area contributed by atoms with Gasteiger partial charge in [0.05, 0.1) is 12.2 Å². The van der Waals surface area contributed by atoms with Gasteiger partial charge in [0.25, 0.3) is 0 Å². The molecule has 0 spiro atoms. The fourth-order valence-electron chi connectivity index (χ4n) is 2.48. The maximum atomic E-state index is 12.4. The van der Waals surface area contributed by atoms with Crippen LogP contribution in [0.3, 0.4) is 0 Å². The summed E-state index contributed by atoms with van der Waals surface area (Å²) in [7, 11) is 0. The lowest BCUT2D eigenvalue weighted by atomic mass is 10.1. The second-order valence-corrected chi connectivity index (χ2v) is 5.79. The minimum atomic E-state index is -0.233. The van der Waals surface area contributed by atoms with Gasteiger partial charge in [0.2, 0.25) is 0 Å². The van der Waals surface area contributed by atoms with Crippen molar-refractivity contribution in [3.63, 3.8) is 0 Å². The van der Waals surface area contributed by atoms with Crippen LogP contribution in [0.2, 0.25) is 0 Å². The Morgan fingerprint density at radius 2 is 1.68 bits per heavy atom. The molecule has 22 heavy (non-hydrogen) atoms. The average molecular weight is 357 g/mol. The molecule has 0 N–H and O–H groups in total. The largest absolute Gasteiger partial charge is 0.493 e. The Bertz CT molecular complexity index is 769. The second-order valence-electron chi connectivity index (χ2n) is 4.88. The van der Waals surface area contributed by atoms with Crippen LogP contribution in [0.5, 0.6) is 5.75 Å². The number of benzene rings is 2. The zero-order valence-corrected chi connectivity index (χ0v) is 13.5. The predicted molar refractivity (Wildman–Crippen MR) is 88.4 cm³/mol. The highest BCUT2D eigenvalue weighted by Gasteiger charge is 2.32. The van der Waals surface area contributed by atoms with Crippen LogP contribution >= 0.6 is 15.9 Å². The van der Waals surface area contributed by atoms with E-state index in [4.69, 9.17) is 4.74 Å². The minimum Gasteiger partial charge on any atom is -0.493 e. The van der Waals surface area contributed by atoms with E-state index in [1.807, 2.05) is 25.1 Å². The van der Waals surface area contributed by atoms with Gasteiger partial charge in [-0.2, -0.15) is 0 Å². The number of carbonyl (C=O) groups is 2. The molecule has 0 heterocycles. The molecule has 3 nitrogen and oxygen atoms in total. The molecule has 0 saturated carbocycles. The van der Waals surface area contributed by atoms with E-state index >= 15 is 0 Å². The summed E-state index contributed by atoms with van der Waals surface area (Å²) in [5, 5.41) is 0. The average Bonchev–Trinajstić information content (AvgIpc) is 2.76. The molecule has 1 aliphatic carbocycles. The zero-order chi connectivity index (χ0) is 15.7. The van der Waals surface area contributed by atoms with Crippen molar-refractivity contribution in [2.24, 2.45) is 0 Å². The van der Waals surface area contributed by atoms with Crippen LogP contribution in [0.1, 0.15) is 33.2 Å². The number of allylic oxidation sites excluding steroid dienone is 1. The summed E-state index contributed by atoms with van der Waals surface area (Å²) in [4.78, 5) is 24.8. The van der Waals surface area contributed by atoms with Gasteiger partial charge in [-0.05, 0) is 31.2 Å². The molecule has 110 valence electrons. The molecule has 0 bridgehead atoms. The number of Topliss-reactive ketones (excluding diaryl/α,β-unsaturated/α-hetero) is 2. The smallest absolute Gasteiger partial charge is 0.197 e. The van der Waals surface area contributed by atoms with Crippen molar-refractivity contribution in [3.8, 4) is 5.75 Å². The number of ketones is 2. The zero-order valence-electron chi connectivity index (χ0n) is 11.9. The molecule has 3 rings (SSSR count). The predicted octanol–water partition coefficient (Wildman–Crippen LogP) is 4.31. The molecule has 4 heteroatoms. The topological polar surface area (TPSA) is 43.4 Å². The van der Waals surface area contributed by atoms with Gasteiger partial charge >= 0.3 is 0 Å². The maximum Gasteiger partial charge on any atom is 0.197 e. The number of rotatable bonds is 3. The molecule has 0 atom stereocenters. The van der Waals surface area contributed by atoms with E-state index < -0.39 is 0 Å². The molecular weight excluding hydrogens is 344 g/mol. The van der Waals surface area contributed by atoms with E-state index in [-0.39, 0.29) is 17.1 Å². The van der Waals surface area contributed by atoms with Gasteiger partial charge in [-0.15, -0.1) is 0 Å². The first-order valence-corrected chi connectivity index (χ1v) is 7.73. The van der Waals surface area contributed by atoms with E-state index in [0.29, 0.717) is 29.0 Å². The van der Waals surface area contributed by atoms with Crippen LogP contribution in [0.15, 0.2) is 52.5 Å². The Morgan fingerprint density at radius 3 is 2.27 bits per heavy atom. The van der Waals surface area contributed by atoms with Crippen molar-refractivity contribution in [1.82, 2.24) is 0 Å². The highest BCUT2D eigenvalue weighted by atomic mass is 79.9. The lowest BCUT2D eigenvalue weighted by molar-refractivity contribution is 0.0990. The van der Waals surface area contributed by atoms with E-state index in [2.05, 4.69) is 15.9 Å². The third kappa shape index (κ3) is 2.50. The van der Waals surface area contributed by atoms with E-state index in [9.17, 15) is 9.59 Å². The standard InChI is InChI=1S/C18H13BrO3/c1-2-22-16-8-7-12(19)9-11(16)10-15-17(20)13-5-3-4-6-14(13)18(15)21/h3-10H,2H2,1H3. The van der Waals surface area contributed by atoms with Gasteiger partial charge in [0.15, 0.2) is 11.6 Å². The molecule has 0 unspecified atom stereocenters. The third-order valence-corrected chi connectivity index (χ3v) is 3.97. The summed E-state index contributed by atoms with van der Waals surface area (Å²) in [6.07, 6.45) is 1.61. The first kappa shape index (κ1) is 14.7. The molecule has 0 aliphatic heterocycles. The Kier molecular flexibility index (Phi) is 3.94. The molecule has 1 aliphatic rings. The van der Waals surface area contributed by atoms with Gasteiger partial charge in [0.1, 0.15) is 5.75 Å². The van der Waals surface area contributed by atoms with Crippen LogP contribution < -0.4 is 4.74 Å². The summed E-state index contributed by atoms with van der Waals surface area (Å²) in [6, 6.07) is 12.4. The Hall–Kier alpha value is -2.20. The molecule has 0 radical (unpaired) electrons. The molecule has 0 amide bonds. The number of carbonyl (C=O) groups excluding carboxylic acids is 2. The minimum absolute atomic E-state index is 0.181. The second kappa shape index (κ2) is 5.89. The molecule has 0 saturated heterocycles. The SMILES string of the molecule is CCOc1ccc(Br)cc1C=C1C(=O)c2ccccc2C1=O. The molecule has 0 fully saturated rings. The maximum absolute atomic E-state index is 12.4. The highest BCUT2D eigenvalue weighted by molar-refractivity contribution is 9.10. The van der Waals surface area contributed by atoms with Gasteiger partial charge < -0.3 is 4.74 Å². The van der Waals surface area contributed by atoms with Crippen LogP contribution in [0.25, 0.3) is 6.08 Å². The molecule has 0 aromatic heterocycles. The van der Waals surface area contributed by atoms with Crippen molar-refractivity contribution in [1.29, 1.82) is 0 Å². The van der Waals surface area contributed by atoms with Crippen molar-refractivity contribution in [2.75, 3.05) is 6.61 Å². The van der Waals surface area contributed by atoms with Crippen LogP contribution in [-0.4, -0.2) is 18.2 Å². The number of halogens is 1. The number of ether oxygens (including phenoxy) is 1. The summed E-state index contributed by atoms with van der Waals surface area (Å²) in [5.41, 5.74) is 1.82. The summed E-state index contributed by atoms with van der Waals surface area (Å²) in [6.45, 7) is 2.40. The third-order valence-electron chi connectivity index (χ3n) is 3.48. The van der Waals surface area contributed by atoms with E-state index in [1.54, 1.807) is 30.3 Å². The quantitative estimate of drug-likeness (QED) is 0.607. The number of fused-ring (bicyclic) bond motifs is 1. The molecule has 2 aromatic rings. The first-order chi connectivity index (χ1) is 10.6. The van der Waals surface area contributed by atoms with Crippen molar-refractivity contribution < 1.29 is 14.3 Å². The van der Waals surface area contributed by atoms with Gasteiger partial charge in [-0.3, -0.25) is 9.59 Å². The lowest BCUT2D eigenvalue weighted by Gasteiger charge is -2.08. The monoisotopic (exact) mass is 356 g/mol. The summed E-state index contributed by atoms with van der Waals surface area (Å²) < 4.78 is 6.42. The Balaban J connectivity index is 2.09. The van der Waals surface area contributed by atoms with Crippen LogP contribution in [0, 0.1) is 0 Å². The summed E-state index contributed by atoms with van der Waals surface area (Å²) in [5.74, 6) is 0.181. The fourth-order valence-corrected chi connectivity index (χ4v) is 2.86.